The summed E-state index contributed by atoms with van der Waals surface area (Å²) in [7, 11) is 1.87. The smallest absolute Gasteiger partial charge is 0.143 e. The van der Waals surface area contributed by atoms with Crippen LogP contribution >= 0.6 is 0 Å². The number of nitrogens with one attached hydrogen (secondary N) is 1. The van der Waals surface area contributed by atoms with Crippen LogP contribution in [-0.2, 0) is 18.3 Å². The first-order valence-electron chi connectivity index (χ1n) is 5.39. The molecule has 0 bridgehead atoms. The SMILES string of the molecule is CC1CNCC1C(=O)Cc1ccn(C)n1. The first-order chi connectivity index (χ1) is 7.16. The van der Waals surface area contributed by atoms with Crippen LogP contribution in [0.15, 0.2) is 12.3 Å². The predicted octanol–water partition coefficient (Wildman–Crippen LogP) is 0.387. The number of ketones is 1. The van der Waals surface area contributed by atoms with E-state index >= 15 is 0 Å². The average Bonchev–Trinajstić information content (AvgIpc) is 2.75. The molecule has 15 heavy (non-hydrogen) atoms. The maximum Gasteiger partial charge on any atom is 0.143 e. The van der Waals surface area contributed by atoms with E-state index in [0.29, 0.717) is 18.1 Å². The average molecular weight is 207 g/mol. The summed E-state index contributed by atoms with van der Waals surface area (Å²) < 4.78 is 1.74. The van der Waals surface area contributed by atoms with E-state index in [-0.39, 0.29) is 5.92 Å². The zero-order valence-corrected chi connectivity index (χ0v) is 9.23. The molecule has 2 rings (SSSR count). The van der Waals surface area contributed by atoms with Crippen LogP contribution in [0.1, 0.15) is 12.6 Å². The van der Waals surface area contributed by atoms with Gasteiger partial charge in [0.15, 0.2) is 0 Å². The molecule has 2 unspecified atom stereocenters. The van der Waals surface area contributed by atoms with E-state index in [0.717, 1.165) is 18.8 Å². The standard InChI is InChI=1S/C11H17N3O/c1-8-6-12-7-10(8)11(15)5-9-3-4-14(2)13-9/h3-4,8,10,12H,5-7H2,1-2H3. The monoisotopic (exact) mass is 207 g/mol. The molecule has 2 atom stereocenters. The lowest BCUT2D eigenvalue weighted by Crippen LogP contribution is -2.23. The Kier molecular flexibility index (Phi) is 2.86. The van der Waals surface area contributed by atoms with Crippen LogP contribution in [0.4, 0.5) is 0 Å². The summed E-state index contributed by atoms with van der Waals surface area (Å²) in [6.45, 7) is 3.91. The molecule has 1 N–H and O–H groups in total. The van der Waals surface area contributed by atoms with E-state index < -0.39 is 0 Å². The third-order valence-corrected chi connectivity index (χ3v) is 3.06. The largest absolute Gasteiger partial charge is 0.316 e. The number of aryl methyl sites for hydroxylation is 1. The molecular formula is C11H17N3O. The Bertz CT molecular complexity index is 358. The Morgan fingerprint density at radius 2 is 2.47 bits per heavy atom. The van der Waals surface area contributed by atoms with Gasteiger partial charge >= 0.3 is 0 Å². The highest BCUT2D eigenvalue weighted by molar-refractivity contribution is 5.83. The minimum absolute atomic E-state index is 0.173. The van der Waals surface area contributed by atoms with Crippen LogP contribution in [0.5, 0.6) is 0 Å². The third-order valence-electron chi connectivity index (χ3n) is 3.06. The number of nitrogens with zero attached hydrogens (tertiary/aromatic N) is 2. The van der Waals surface area contributed by atoms with E-state index in [1.807, 2.05) is 19.3 Å². The summed E-state index contributed by atoms with van der Waals surface area (Å²) in [4.78, 5) is 11.9. The zero-order valence-electron chi connectivity index (χ0n) is 9.23. The molecule has 0 saturated carbocycles. The van der Waals surface area contributed by atoms with Gasteiger partial charge in [-0.1, -0.05) is 6.92 Å². The van der Waals surface area contributed by atoms with Gasteiger partial charge in [-0.15, -0.1) is 0 Å². The Morgan fingerprint density at radius 3 is 3.00 bits per heavy atom. The third kappa shape index (κ3) is 2.26. The number of rotatable bonds is 3. The second-order valence-electron chi connectivity index (χ2n) is 4.37. The molecule has 0 radical (unpaired) electrons. The Balaban J connectivity index is 1.97. The number of hydrogen-bond acceptors (Lipinski definition) is 3. The molecule has 4 nitrogen and oxygen atoms in total. The predicted molar refractivity (Wildman–Crippen MR) is 57.4 cm³/mol. The molecule has 1 aliphatic rings. The Hall–Kier alpha value is -1.16. The van der Waals surface area contributed by atoms with Crippen LogP contribution in [0, 0.1) is 11.8 Å². The lowest BCUT2D eigenvalue weighted by atomic mass is 9.91. The van der Waals surface area contributed by atoms with Gasteiger partial charge in [-0.2, -0.15) is 5.10 Å². The van der Waals surface area contributed by atoms with Crippen LogP contribution in [0.25, 0.3) is 0 Å². The van der Waals surface area contributed by atoms with Crippen LogP contribution < -0.4 is 5.32 Å². The van der Waals surface area contributed by atoms with Gasteiger partial charge in [0.1, 0.15) is 5.78 Å². The van der Waals surface area contributed by atoms with E-state index in [1.54, 1.807) is 4.68 Å². The van der Waals surface area contributed by atoms with E-state index in [4.69, 9.17) is 0 Å². The summed E-state index contributed by atoms with van der Waals surface area (Å²) in [5.74, 6) is 0.944. The van der Waals surface area contributed by atoms with Gasteiger partial charge in [0, 0.05) is 25.7 Å². The molecule has 1 aromatic rings. The summed E-state index contributed by atoms with van der Waals surface area (Å²) in [5, 5.41) is 7.47. The van der Waals surface area contributed by atoms with Gasteiger partial charge in [-0.3, -0.25) is 9.48 Å². The van der Waals surface area contributed by atoms with Gasteiger partial charge in [0.2, 0.25) is 0 Å². The molecule has 4 heteroatoms. The van der Waals surface area contributed by atoms with Crippen molar-refractivity contribution in [1.82, 2.24) is 15.1 Å². The molecule has 1 aromatic heterocycles. The Labute approximate surface area is 89.7 Å². The maximum atomic E-state index is 11.9. The van der Waals surface area contributed by atoms with Gasteiger partial charge in [-0.05, 0) is 18.5 Å². The molecular weight excluding hydrogens is 190 g/mol. The van der Waals surface area contributed by atoms with E-state index in [1.165, 1.54) is 0 Å². The summed E-state index contributed by atoms with van der Waals surface area (Å²) >= 11 is 0. The fourth-order valence-electron chi connectivity index (χ4n) is 2.11. The molecule has 0 aliphatic carbocycles. The van der Waals surface area contributed by atoms with Crippen molar-refractivity contribution in [3.05, 3.63) is 18.0 Å². The van der Waals surface area contributed by atoms with Crippen molar-refractivity contribution in [1.29, 1.82) is 0 Å². The van der Waals surface area contributed by atoms with Gasteiger partial charge < -0.3 is 5.32 Å². The maximum absolute atomic E-state index is 11.9. The number of Topliss-reactive ketones (excluding diaryl/α,β-unsaturated/α-hetero) is 1. The van der Waals surface area contributed by atoms with E-state index in [2.05, 4.69) is 17.3 Å². The summed E-state index contributed by atoms with van der Waals surface area (Å²) in [5.41, 5.74) is 0.876. The summed E-state index contributed by atoms with van der Waals surface area (Å²) in [6, 6.07) is 1.91. The molecule has 2 heterocycles. The van der Waals surface area contributed by atoms with Crippen LogP contribution in [0.2, 0.25) is 0 Å². The Morgan fingerprint density at radius 1 is 1.67 bits per heavy atom. The molecule has 1 fully saturated rings. The second kappa shape index (κ2) is 4.14. The number of aromatic nitrogens is 2. The zero-order chi connectivity index (χ0) is 10.8. The van der Waals surface area contributed by atoms with Crippen molar-refractivity contribution in [3.63, 3.8) is 0 Å². The highest BCUT2D eigenvalue weighted by Gasteiger charge is 2.29. The molecule has 82 valence electrons. The topological polar surface area (TPSA) is 46.9 Å². The van der Waals surface area contributed by atoms with Crippen molar-refractivity contribution in [2.24, 2.45) is 18.9 Å². The first kappa shape index (κ1) is 10.4. The highest BCUT2D eigenvalue weighted by Crippen LogP contribution is 2.18. The van der Waals surface area contributed by atoms with Gasteiger partial charge in [-0.25, -0.2) is 0 Å². The van der Waals surface area contributed by atoms with Crippen LogP contribution in [-0.4, -0.2) is 28.7 Å². The second-order valence-corrected chi connectivity index (χ2v) is 4.37. The molecule has 1 aliphatic heterocycles. The van der Waals surface area contributed by atoms with Gasteiger partial charge in [0.25, 0.3) is 0 Å². The number of hydrogen-bond donors (Lipinski definition) is 1. The summed E-state index contributed by atoms with van der Waals surface area (Å²) in [6.07, 6.45) is 2.34. The fourth-order valence-corrected chi connectivity index (χ4v) is 2.11. The highest BCUT2D eigenvalue weighted by atomic mass is 16.1. The lowest BCUT2D eigenvalue weighted by molar-refractivity contribution is -0.122. The van der Waals surface area contributed by atoms with Crippen LogP contribution in [0.3, 0.4) is 0 Å². The number of carbonyl (C=O) groups is 1. The minimum atomic E-state index is 0.173. The van der Waals surface area contributed by atoms with Crippen molar-refractivity contribution in [2.45, 2.75) is 13.3 Å². The molecule has 0 amide bonds. The normalized spacial score (nSPS) is 25.7. The quantitative estimate of drug-likeness (QED) is 0.780. The van der Waals surface area contributed by atoms with E-state index in [9.17, 15) is 4.79 Å². The van der Waals surface area contributed by atoms with Crippen molar-refractivity contribution < 1.29 is 4.79 Å². The number of carbonyl (C=O) groups excluding carboxylic acids is 1. The van der Waals surface area contributed by atoms with Crippen molar-refractivity contribution in [3.8, 4) is 0 Å². The lowest BCUT2D eigenvalue weighted by Gasteiger charge is -2.11. The minimum Gasteiger partial charge on any atom is -0.316 e. The fraction of sp³-hybridized carbons (Fsp3) is 0.636. The molecule has 0 aromatic carbocycles. The molecule has 1 saturated heterocycles. The van der Waals surface area contributed by atoms with Crippen molar-refractivity contribution >= 4 is 5.78 Å². The van der Waals surface area contributed by atoms with Gasteiger partial charge in [0.05, 0.1) is 12.1 Å². The first-order valence-corrected chi connectivity index (χ1v) is 5.39. The van der Waals surface area contributed by atoms with Crippen molar-refractivity contribution in [2.75, 3.05) is 13.1 Å². The molecule has 0 spiro atoms.